The maximum atomic E-state index is 11.5. The fourth-order valence-electron chi connectivity index (χ4n) is 2.20. The van der Waals surface area contributed by atoms with E-state index in [0.29, 0.717) is 12.3 Å². The van der Waals surface area contributed by atoms with Gasteiger partial charge in [0.15, 0.2) is 20.7 Å². The van der Waals surface area contributed by atoms with Crippen LogP contribution in [0.4, 0.5) is 5.69 Å². The van der Waals surface area contributed by atoms with Crippen molar-refractivity contribution in [3.63, 3.8) is 0 Å². The molecule has 4 N–H and O–H groups in total. The molecule has 0 bridgehead atoms. The SMILES string of the molecule is CC(C)(C)[Si](C)(C)OC(CN)c1ccc(O)c2c1OCC(=O)N2. The van der Waals surface area contributed by atoms with Gasteiger partial charge in [-0.25, -0.2) is 0 Å². The Hall–Kier alpha value is -1.57. The van der Waals surface area contributed by atoms with Crippen LogP contribution in [0.3, 0.4) is 0 Å². The van der Waals surface area contributed by atoms with Gasteiger partial charge >= 0.3 is 0 Å². The number of amides is 1. The molecule has 1 aromatic rings. The Morgan fingerprint density at radius 1 is 1.43 bits per heavy atom. The van der Waals surface area contributed by atoms with Gasteiger partial charge in [0.05, 0.1) is 6.10 Å². The Balaban J connectivity index is 2.40. The number of nitrogens with one attached hydrogen (secondary N) is 1. The topological polar surface area (TPSA) is 93.8 Å². The zero-order valence-electron chi connectivity index (χ0n) is 14.4. The molecule has 0 aliphatic carbocycles. The second-order valence-electron chi connectivity index (χ2n) is 7.32. The Bertz CT molecular complexity index is 611. The summed E-state index contributed by atoms with van der Waals surface area (Å²) in [6, 6.07) is 3.27. The molecule has 1 aromatic carbocycles. The quantitative estimate of drug-likeness (QED) is 0.580. The third-order valence-electron chi connectivity index (χ3n) is 4.58. The molecule has 1 aliphatic rings. The van der Waals surface area contributed by atoms with Crippen LogP contribution in [0.15, 0.2) is 12.1 Å². The van der Waals surface area contributed by atoms with Crippen molar-refractivity contribution < 1.29 is 19.1 Å². The van der Waals surface area contributed by atoms with E-state index in [0.717, 1.165) is 5.56 Å². The summed E-state index contributed by atoms with van der Waals surface area (Å²) in [5.41, 5.74) is 6.99. The van der Waals surface area contributed by atoms with Crippen LogP contribution in [0.5, 0.6) is 11.5 Å². The number of nitrogens with two attached hydrogens (primary N) is 1. The summed E-state index contributed by atoms with van der Waals surface area (Å²) in [6.07, 6.45) is -0.347. The summed E-state index contributed by atoms with van der Waals surface area (Å²) in [6.45, 7) is 11.0. The van der Waals surface area contributed by atoms with Gasteiger partial charge < -0.3 is 25.3 Å². The first-order valence-corrected chi connectivity index (χ1v) is 10.6. The first kappa shape index (κ1) is 17.8. The molecule has 0 spiro atoms. The lowest BCUT2D eigenvalue weighted by molar-refractivity contribution is -0.118. The normalized spacial score (nSPS) is 16.3. The fraction of sp³-hybridized carbons (Fsp3) is 0.562. The molecule has 0 saturated carbocycles. The van der Waals surface area contributed by atoms with E-state index in [-0.39, 0.29) is 35.1 Å². The van der Waals surface area contributed by atoms with E-state index in [9.17, 15) is 9.90 Å². The Morgan fingerprint density at radius 2 is 2.09 bits per heavy atom. The van der Waals surface area contributed by atoms with E-state index in [1.54, 1.807) is 6.07 Å². The number of carbonyl (C=O) groups excluding carboxylic acids is 1. The molecule has 1 amide bonds. The van der Waals surface area contributed by atoms with Gasteiger partial charge in [-0.05, 0) is 30.3 Å². The molecule has 1 unspecified atom stereocenters. The van der Waals surface area contributed by atoms with Gasteiger partial charge in [0.1, 0.15) is 11.4 Å². The number of fused-ring (bicyclic) bond motifs is 1. The number of rotatable bonds is 4. The summed E-state index contributed by atoms with van der Waals surface area (Å²) < 4.78 is 11.9. The predicted octanol–water partition coefficient (Wildman–Crippen LogP) is 2.74. The Labute approximate surface area is 138 Å². The molecule has 0 radical (unpaired) electrons. The first-order chi connectivity index (χ1) is 10.6. The monoisotopic (exact) mass is 338 g/mol. The number of aromatic hydroxyl groups is 1. The van der Waals surface area contributed by atoms with Gasteiger partial charge in [0.2, 0.25) is 0 Å². The molecule has 6 nitrogen and oxygen atoms in total. The lowest BCUT2D eigenvalue weighted by atomic mass is 10.1. The smallest absolute Gasteiger partial charge is 0.262 e. The highest BCUT2D eigenvalue weighted by Gasteiger charge is 2.40. The van der Waals surface area contributed by atoms with E-state index in [1.807, 2.05) is 0 Å². The predicted molar refractivity (Wildman–Crippen MR) is 92.3 cm³/mol. The highest BCUT2D eigenvalue weighted by molar-refractivity contribution is 6.74. The molecule has 128 valence electrons. The third-order valence-corrected chi connectivity index (χ3v) is 9.07. The van der Waals surface area contributed by atoms with Crippen LogP contribution in [-0.2, 0) is 9.22 Å². The number of hydrogen-bond donors (Lipinski definition) is 3. The minimum Gasteiger partial charge on any atom is -0.506 e. The molecule has 23 heavy (non-hydrogen) atoms. The van der Waals surface area contributed by atoms with Crippen LogP contribution in [0, 0.1) is 0 Å². The van der Waals surface area contributed by atoms with Crippen LogP contribution in [0.1, 0.15) is 32.4 Å². The molecule has 1 atom stereocenters. The van der Waals surface area contributed by atoms with Crippen molar-refractivity contribution >= 4 is 19.9 Å². The highest BCUT2D eigenvalue weighted by atomic mass is 28.4. The largest absolute Gasteiger partial charge is 0.506 e. The summed E-state index contributed by atoms with van der Waals surface area (Å²) >= 11 is 0. The summed E-state index contributed by atoms with van der Waals surface area (Å²) in [4.78, 5) is 11.5. The van der Waals surface area contributed by atoms with E-state index < -0.39 is 8.32 Å². The molecule has 0 aromatic heterocycles. The van der Waals surface area contributed by atoms with E-state index in [4.69, 9.17) is 14.9 Å². The molecular weight excluding hydrogens is 312 g/mol. The molecule has 0 fully saturated rings. The number of anilines is 1. The lowest BCUT2D eigenvalue weighted by Gasteiger charge is -2.39. The maximum Gasteiger partial charge on any atom is 0.262 e. The highest BCUT2D eigenvalue weighted by Crippen LogP contribution is 2.45. The van der Waals surface area contributed by atoms with Crippen molar-refractivity contribution in [3.8, 4) is 11.5 Å². The minimum absolute atomic E-state index is 0.0279. The fourth-order valence-corrected chi connectivity index (χ4v) is 3.49. The van der Waals surface area contributed by atoms with Gasteiger partial charge in [-0.1, -0.05) is 20.8 Å². The second-order valence-corrected chi connectivity index (χ2v) is 12.1. The first-order valence-electron chi connectivity index (χ1n) is 7.73. The molecule has 7 heteroatoms. The number of phenols is 1. The van der Waals surface area contributed by atoms with Crippen LogP contribution < -0.4 is 15.8 Å². The molecular formula is C16H26N2O4Si. The van der Waals surface area contributed by atoms with E-state index >= 15 is 0 Å². The molecule has 0 saturated heterocycles. The van der Waals surface area contributed by atoms with Crippen molar-refractivity contribution in [1.29, 1.82) is 0 Å². The minimum atomic E-state index is -2.03. The number of phenolic OH excluding ortho intramolecular Hbond substituents is 1. The van der Waals surface area contributed by atoms with Crippen molar-refractivity contribution in [2.75, 3.05) is 18.5 Å². The number of hydrogen-bond acceptors (Lipinski definition) is 5. The number of ether oxygens (including phenoxy) is 1. The number of carbonyl (C=O) groups is 1. The van der Waals surface area contributed by atoms with Crippen molar-refractivity contribution in [3.05, 3.63) is 17.7 Å². The average Bonchev–Trinajstić information content (AvgIpc) is 2.45. The van der Waals surface area contributed by atoms with Crippen LogP contribution in [-0.4, -0.2) is 32.5 Å². The lowest BCUT2D eigenvalue weighted by Crippen LogP contribution is -2.43. The van der Waals surface area contributed by atoms with Gasteiger partial charge in [0.25, 0.3) is 5.91 Å². The van der Waals surface area contributed by atoms with Crippen molar-refractivity contribution in [1.82, 2.24) is 0 Å². The molecule has 1 heterocycles. The van der Waals surface area contributed by atoms with Crippen molar-refractivity contribution in [2.24, 2.45) is 5.73 Å². The average molecular weight is 338 g/mol. The van der Waals surface area contributed by atoms with E-state index in [1.165, 1.54) is 6.07 Å². The van der Waals surface area contributed by atoms with Crippen LogP contribution in [0.25, 0.3) is 0 Å². The van der Waals surface area contributed by atoms with Gasteiger partial charge in [-0.2, -0.15) is 0 Å². The summed E-state index contributed by atoms with van der Waals surface area (Å²) in [5, 5.41) is 12.6. The van der Waals surface area contributed by atoms with Gasteiger partial charge in [-0.3, -0.25) is 4.79 Å². The second kappa shape index (κ2) is 6.14. The number of benzene rings is 1. The van der Waals surface area contributed by atoms with Gasteiger partial charge in [-0.15, -0.1) is 0 Å². The zero-order chi connectivity index (χ0) is 17.4. The van der Waals surface area contributed by atoms with E-state index in [2.05, 4.69) is 39.2 Å². The summed E-state index contributed by atoms with van der Waals surface area (Å²) in [5.74, 6) is 0.123. The standard InChI is InChI=1S/C16H26N2O4Si/c1-16(2,3)23(4,5)22-12(8-17)10-6-7-11(19)14-15(10)21-9-13(20)18-14/h6-7,12,19H,8-9,17H2,1-5H3,(H,18,20). The molecule has 1 aliphatic heterocycles. The summed E-state index contributed by atoms with van der Waals surface area (Å²) in [7, 11) is -2.03. The Morgan fingerprint density at radius 3 is 2.65 bits per heavy atom. The van der Waals surface area contributed by atoms with Crippen molar-refractivity contribution in [2.45, 2.75) is 45.0 Å². The van der Waals surface area contributed by atoms with Gasteiger partial charge in [0, 0.05) is 12.1 Å². The Kier molecular flexibility index (Phi) is 4.75. The van der Waals surface area contributed by atoms with Crippen LogP contribution in [0.2, 0.25) is 18.1 Å². The third kappa shape index (κ3) is 3.51. The maximum absolute atomic E-state index is 11.5. The van der Waals surface area contributed by atoms with Crippen LogP contribution >= 0.6 is 0 Å². The molecule has 2 rings (SSSR count). The zero-order valence-corrected chi connectivity index (χ0v) is 15.4.